The molecule has 1 aliphatic rings. The Kier molecular flexibility index (Phi) is 4.40. The van der Waals surface area contributed by atoms with Crippen molar-refractivity contribution in [2.24, 2.45) is 13.0 Å². The second-order valence-corrected chi connectivity index (χ2v) is 5.34. The molecule has 2 heterocycles. The molecule has 18 heavy (non-hydrogen) atoms. The lowest BCUT2D eigenvalue weighted by Gasteiger charge is -2.07. The third-order valence-corrected chi connectivity index (χ3v) is 3.98. The number of rotatable bonds is 5. The Bertz CT molecular complexity index is 436. The predicted octanol–water partition coefficient (Wildman–Crippen LogP) is 1.75. The van der Waals surface area contributed by atoms with Crippen molar-refractivity contribution in [3.05, 3.63) is 16.4 Å². The number of aromatic nitrogens is 2. The van der Waals surface area contributed by atoms with Gasteiger partial charge in [-0.25, -0.2) is 0 Å². The largest absolute Gasteiger partial charge is 0.316 e. The fraction of sp³-hybridized carbons (Fsp3) is 0.692. The maximum absolute atomic E-state index is 12.0. The highest BCUT2D eigenvalue weighted by Gasteiger charge is 2.21. The topological polar surface area (TPSA) is 46.9 Å². The van der Waals surface area contributed by atoms with Crippen molar-refractivity contribution >= 4 is 17.4 Å². The van der Waals surface area contributed by atoms with Crippen LogP contribution in [0.2, 0.25) is 5.02 Å². The zero-order valence-electron chi connectivity index (χ0n) is 11.0. The van der Waals surface area contributed by atoms with Gasteiger partial charge in [0.05, 0.1) is 16.4 Å². The van der Waals surface area contributed by atoms with Gasteiger partial charge in [0, 0.05) is 19.9 Å². The third-order valence-electron chi connectivity index (χ3n) is 3.55. The van der Waals surface area contributed by atoms with E-state index in [1.165, 1.54) is 0 Å². The molecule has 1 N–H and O–H groups in total. The quantitative estimate of drug-likeness (QED) is 0.886. The Morgan fingerprint density at radius 1 is 1.61 bits per heavy atom. The number of hydrogen-bond acceptors (Lipinski definition) is 3. The van der Waals surface area contributed by atoms with Crippen LogP contribution in [0, 0.1) is 5.92 Å². The monoisotopic (exact) mass is 269 g/mol. The van der Waals surface area contributed by atoms with E-state index < -0.39 is 0 Å². The van der Waals surface area contributed by atoms with Crippen molar-refractivity contribution in [3.8, 4) is 0 Å². The van der Waals surface area contributed by atoms with Gasteiger partial charge >= 0.3 is 0 Å². The van der Waals surface area contributed by atoms with E-state index in [1.54, 1.807) is 4.68 Å². The molecule has 1 atom stereocenters. The first-order valence-corrected chi connectivity index (χ1v) is 6.92. The van der Waals surface area contributed by atoms with Crippen molar-refractivity contribution in [1.82, 2.24) is 15.1 Å². The van der Waals surface area contributed by atoms with E-state index in [1.807, 2.05) is 14.0 Å². The highest BCUT2D eigenvalue weighted by Crippen LogP contribution is 2.22. The van der Waals surface area contributed by atoms with E-state index in [0.29, 0.717) is 23.8 Å². The van der Waals surface area contributed by atoms with Crippen LogP contribution in [0.15, 0.2) is 0 Å². The molecule has 1 aliphatic heterocycles. The number of hydrogen-bond donors (Lipinski definition) is 1. The molecule has 0 saturated carbocycles. The van der Waals surface area contributed by atoms with Gasteiger partial charge in [0.25, 0.3) is 0 Å². The Hall–Kier alpha value is -0.870. The second-order valence-electron chi connectivity index (χ2n) is 4.96. The summed E-state index contributed by atoms with van der Waals surface area (Å²) in [4.78, 5) is 12.0. The minimum absolute atomic E-state index is 0.260. The van der Waals surface area contributed by atoms with Crippen LogP contribution in [0.1, 0.15) is 31.2 Å². The summed E-state index contributed by atoms with van der Waals surface area (Å²) in [5, 5.41) is 8.28. The van der Waals surface area contributed by atoms with E-state index >= 15 is 0 Å². The van der Waals surface area contributed by atoms with Crippen LogP contribution in [0.5, 0.6) is 0 Å². The highest BCUT2D eigenvalue weighted by molar-refractivity contribution is 6.32. The van der Waals surface area contributed by atoms with Gasteiger partial charge in [0.1, 0.15) is 5.78 Å². The van der Waals surface area contributed by atoms with Crippen molar-refractivity contribution in [3.63, 3.8) is 0 Å². The van der Waals surface area contributed by atoms with Crippen molar-refractivity contribution < 1.29 is 4.79 Å². The molecule has 5 heteroatoms. The standard InChI is InChI=1S/C13H20ClN3O/c1-3-11-13(14)12(17(2)16-11)7-10(18)6-9-4-5-15-8-9/h9,15H,3-8H2,1-2H3. The van der Waals surface area contributed by atoms with Gasteiger partial charge in [0.2, 0.25) is 0 Å². The lowest BCUT2D eigenvalue weighted by atomic mass is 9.99. The van der Waals surface area contributed by atoms with E-state index in [2.05, 4.69) is 10.4 Å². The molecule has 1 unspecified atom stereocenters. The first kappa shape index (κ1) is 13.6. The van der Waals surface area contributed by atoms with Crippen molar-refractivity contribution in [2.45, 2.75) is 32.6 Å². The minimum atomic E-state index is 0.260. The fourth-order valence-electron chi connectivity index (χ4n) is 2.48. The molecule has 1 aromatic rings. The molecule has 4 nitrogen and oxygen atoms in total. The number of carbonyl (C=O) groups excluding carboxylic acids is 1. The van der Waals surface area contributed by atoms with Gasteiger partial charge in [-0.05, 0) is 31.8 Å². The Morgan fingerprint density at radius 3 is 2.94 bits per heavy atom. The summed E-state index contributed by atoms with van der Waals surface area (Å²) >= 11 is 6.24. The molecular formula is C13H20ClN3O. The normalized spacial score (nSPS) is 19.4. The number of nitrogens with zero attached hydrogens (tertiary/aromatic N) is 2. The van der Waals surface area contributed by atoms with Gasteiger partial charge in [-0.2, -0.15) is 5.10 Å². The summed E-state index contributed by atoms with van der Waals surface area (Å²) in [5.74, 6) is 0.756. The average Bonchev–Trinajstić information content (AvgIpc) is 2.92. The lowest BCUT2D eigenvalue weighted by Crippen LogP contribution is -2.15. The number of carbonyl (C=O) groups is 1. The number of halogens is 1. The van der Waals surface area contributed by atoms with Crippen LogP contribution in [0.25, 0.3) is 0 Å². The first-order chi connectivity index (χ1) is 8.61. The van der Waals surface area contributed by atoms with Crippen LogP contribution < -0.4 is 5.32 Å². The van der Waals surface area contributed by atoms with E-state index in [0.717, 1.165) is 37.3 Å². The van der Waals surface area contributed by atoms with E-state index in [-0.39, 0.29) is 5.78 Å². The third kappa shape index (κ3) is 2.93. The maximum atomic E-state index is 12.0. The average molecular weight is 270 g/mol. The molecule has 1 saturated heterocycles. The number of nitrogens with one attached hydrogen (secondary N) is 1. The zero-order chi connectivity index (χ0) is 13.1. The summed E-state index contributed by atoms with van der Waals surface area (Å²) in [5.41, 5.74) is 1.73. The molecule has 0 aliphatic carbocycles. The van der Waals surface area contributed by atoms with E-state index in [9.17, 15) is 4.79 Å². The highest BCUT2D eigenvalue weighted by atomic mass is 35.5. The second kappa shape index (κ2) is 5.85. The molecule has 0 aromatic carbocycles. The smallest absolute Gasteiger partial charge is 0.139 e. The van der Waals surface area contributed by atoms with Crippen LogP contribution >= 0.6 is 11.6 Å². The number of Topliss-reactive ketones (excluding diaryl/α,β-unsaturated/α-hetero) is 1. The molecule has 2 rings (SSSR count). The van der Waals surface area contributed by atoms with E-state index in [4.69, 9.17) is 11.6 Å². The molecule has 1 fully saturated rings. The molecule has 0 spiro atoms. The lowest BCUT2D eigenvalue weighted by molar-refractivity contribution is -0.119. The number of aryl methyl sites for hydroxylation is 2. The Morgan fingerprint density at radius 2 is 2.39 bits per heavy atom. The fourth-order valence-corrected chi connectivity index (χ4v) is 2.84. The van der Waals surface area contributed by atoms with Crippen molar-refractivity contribution in [1.29, 1.82) is 0 Å². The summed E-state index contributed by atoms with van der Waals surface area (Å²) in [6.45, 7) is 4.01. The summed E-state index contributed by atoms with van der Waals surface area (Å²) in [6, 6.07) is 0. The first-order valence-electron chi connectivity index (χ1n) is 6.54. The van der Waals surface area contributed by atoms with Crippen LogP contribution in [-0.2, 0) is 24.7 Å². The van der Waals surface area contributed by atoms with Gasteiger partial charge in [0.15, 0.2) is 0 Å². The Labute approximate surface area is 113 Å². The number of ketones is 1. The van der Waals surface area contributed by atoms with Gasteiger partial charge in [-0.3, -0.25) is 9.48 Å². The summed E-state index contributed by atoms with van der Waals surface area (Å²) in [7, 11) is 1.85. The molecule has 1 aromatic heterocycles. The Balaban J connectivity index is 1.99. The van der Waals surface area contributed by atoms with Gasteiger partial charge in [-0.1, -0.05) is 18.5 Å². The summed E-state index contributed by atoms with van der Waals surface area (Å²) in [6.07, 6.45) is 2.95. The summed E-state index contributed by atoms with van der Waals surface area (Å²) < 4.78 is 1.74. The minimum Gasteiger partial charge on any atom is -0.316 e. The van der Waals surface area contributed by atoms with Crippen LogP contribution in [0.3, 0.4) is 0 Å². The van der Waals surface area contributed by atoms with Gasteiger partial charge in [-0.15, -0.1) is 0 Å². The maximum Gasteiger partial charge on any atom is 0.139 e. The molecule has 0 amide bonds. The molecular weight excluding hydrogens is 250 g/mol. The molecule has 0 bridgehead atoms. The van der Waals surface area contributed by atoms with Crippen LogP contribution in [-0.4, -0.2) is 28.7 Å². The van der Waals surface area contributed by atoms with Gasteiger partial charge < -0.3 is 5.32 Å². The SMILES string of the molecule is CCc1nn(C)c(CC(=O)CC2CCNC2)c1Cl. The molecule has 100 valence electrons. The van der Waals surface area contributed by atoms with Crippen molar-refractivity contribution in [2.75, 3.05) is 13.1 Å². The predicted molar refractivity (Wildman–Crippen MR) is 71.9 cm³/mol. The van der Waals surface area contributed by atoms with Crippen LogP contribution in [0.4, 0.5) is 0 Å². The zero-order valence-corrected chi connectivity index (χ0v) is 11.8. The molecule has 0 radical (unpaired) electrons.